The molecule has 0 N–H and O–H groups in total. The number of sulfone groups is 1. The van der Waals surface area contributed by atoms with Gasteiger partial charge in [0.05, 0.1) is 10.6 Å². The summed E-state index contributed by atoms with van der Waals surface area (Å²) in [6.07, 6.45) is 3.63. The van der Waals surface area contributed by atoms with Crippen molar-refractivity contribution in [3.63, 3.8) is 0 Å². The van der Waals surface area contributed by atoms with E-state index in [0.717, 1.165) is 16.2 Å². The summed E-state index contributed by atoms with van der Waals surface area (Å²) in [7, 11) is -3.23. The van der Waals surface area contributed by atoms with Crippen LogP contribution in [0.25, 0.3) is 0 Å². The van der Waals surface area contributed by atoms with E-state index in [4.69, 9.17) is 0 Å². The Morgan fingerprint density at radius 1 is 1.30 bits per heavy atom. The van der Waals surface area contributed by atoms with E-state index in [1.807, 2.05) is 17.7 Å². The van der Waals surface area contributed by atoms with Crippen molar-refractivity contribution in [3.05, 3.63) is 41.1 Å². The van der Waals surface area contributed by atoms with Crippen LogP contribution in [0.5, 0.6) is 0 Å². The lowest BCUT2D eigenvalue weighted by Gasteiger charge is -2.06. The van der Waals surface area contributed by atoms with E-state index in [-0.39, 0.29) is 5.75 Å². The highest BCUT2D eigenvalue weighted by molar-refractivity contribution is 9.10. The number of aryl methyl sites for hydroxylation is 1. The second kappa shape index (κ2) is 6.78. The number of imidazole rings is 1. The largest absolute Gasteiger partial charge is 0.326 e. The third kappa shape index (κ3) is 3.86. The van der Waals surface area contributed by atoms with E-state index in [1.165, 1.54) is 11.8 Å². The van der Waals surface area contributed by atoms with Crippen molar-refractivity contribution in [2.24, 2.45) is 0 Å². The summed E-state index contributed by atoms with van der Waals surface area (Å²) >= 11 is 4.76. The molecule has 1 aromatic carbocycles. The van der Waals surface area contributed by atoms with Crippen LogP contribution in [0.4, 0.5) is 0 Å². The van der Waals surface area contributed by atoms with Gasteiger partial charge in [-0.05, 0) is 31.2 Å². The number of nitrogens with zero attached hydrogens (tertiary/aromatic N) is 2. The maximum Gasteiger partial charge on any atom is 0.179 e. The Balaban J connectivity index is 1.98. The lowest BCUT2D eigenvalue weighted by atomic mass is 10.4. The highest BCUT2D eigenvalue weighted by Gasteiger charge is 2.14. The first-order chi connectivity index (χ1) is 9.53. The Labute approximate surface area is 131 Å². The molecule has 0 aliphatic rings. The number of hydrogen-bond donors (Lipinski definition) is 0. The van der Waals surface area contributed by atoms with Crippen LogP contribution in [0.3, 0.4) is 0 Å². The molecule has 0 spiro atoms. The molecule has 0 atom stereocenters. The maximum atomic E-state index is 12.2. The molecule has 1 aromatic heterocycles. The number of hydrogen-bond acceptors (Lipinski definition) is 4. The van der Waals surface area contributed by atoms with Crippen LogP contribution in [0.1, 0.15) is 6.92 Å². The van der Waals surface area contributed by atoms with Gasteiger partial charge in [0.1, 0.15) is 0 Å². The minimum absolute atomic E-state index is 0.107. The highest BCUT2D eigenvalue weighted by Crippen LogP contribution is 2.20. The molecule has 4 nitrogen and oxygen atoms in total. The second-order valence-electron chi connectivity index (χ2n) is 4.12. The lowest BCUT2D eigenvalue weighted by Crippen LogP contribution is -2.09. The average Bonchev–Trinajstić information content (AvgIpc) is 2.86. The zero-order valence-electron chi connectivity index (χ0n) is 11.0. The Hall–Kier alpha value is -0.790. The molecule has 0 aliphatic heterocycles. The molecule has 0 fully saturated rings. The monoisotopic (exact) mass is 374 g/mol. The van der Waals surface area contributed by atoms with Crippen LogP contribution in [-0.2, 0) is 16.4 Å². The number of benzene rings is 1. The molecule has 1 heterocycles. The Morgan fingerprint density at radius 3 is 2.65 bits per heavy atom. The molecule has 108 valence electrons. The van der Waals surface area contributed by atoms with Crippen molar-refractivity contribution in [1.82, 2.24) is 9.55 Å². The maximum absolute atomic E-state index is 12.2. The van der Waals surface area contributed by atoms with E-state index in [0.29, 0.717) is 10.6 Å². The van der Waals surface area contributed by atoms with Gasteiger partial charge in [-0.1, -0.05) is 27.7 Å². The van der Waals surface area contributed by atoms with Crippen molar-refractivity contribution in [1.29, 1.82) is 0 Å². The van der Waals surface area contributed by atoms with Gasteiger partial charge in [-0.2, -0.15) is 0 Å². The van der Waals surface area contributed by atoms with Gasteiger partial charge < -0.3 is 4.57 Å². The highest BCUT2D eigenvalue weighted by atomic mass is 79.9. The second-order valence-corrected chi connectivity index (χ2v) is 8.20. The molecular formula is C13H15BrN2O2S2. The predicted octanol–water partition coefficient (Wildman–Crippen LogP) is 3.23. The fourth-order valence-electron chi connectivity index (χ4n) is 1.68. The quantitative estimate of drug-likeness (QED) is 0.728. The summed E-state index contributed by atoms with van der Waals surface area (Å²) in [6.45, 7) is 2.87. The molecular weight excluding hydrogens is 360 g/mol. The van der Waals surface area contributed by atoms with Crippen molar-refractivity contribution in [3.8, 4) is 0 Å². The number of rotatable bonds is 6. The fourth-order valence-corrected chi connectivity index (χ4v) is 4.61. The van der Waals surface area contributed by atoms with Crippen molar-refractivity contribution >= 4 is 37.5 Å². The van der Waals surface area contributed by atoms with Crippen molar-refractivity contribution in [2.75, 3.05) is 11.5 Å². The SMILES string of the molecule is CCn1ccnc1SCCS(=O)(=O)c1ccc(Br)cc1. The molecule has 0 aliphatic carbocycles. The lowest BCUT2D eigenvalue weighted by molar-refractivity contribution is 0.597. The smallest absolute Gasteiger partial charge is 0.179 e. The predicted molar refractivity (Wildman–Crippen MR) is 84.8 cm³/mol. The molecule has 2 rings (SSSR count). The van der Waals surface area contributed by atoms with Crippen LogP contribution in [-0.4, -0.2) is 29.5 Å². The van der Waals surface area contributed by atoms with Gasteiger partial charge in [0.15, 0.2) is 15.0 Å². The van der Waals surface area contributed by atoms with Crippen LogP contribution in [0.15, 0.2) is 51.2 Å². The van der Waals surface area contributed by atoms with Crippen molar-refractivity contribution in [2.45, 2.75) is 23.5 Å². The Kier molecular flexibility index (Phi) is 5.29. The van der Waals surface area contributed by atoms with Gasteiger partial charge >= 0.3 is 0 Å². The average molecular weight is 375 g/mol. The summed E-state index contributed by atoms with van der Waals surface area (Å²) in [5.74, 6) is 0.602. The van der Waals surface area contributed by atoms with E-state index in [1.54, 1.807) is 30.5 Å². The zero-order chi connectivity index (χ0) is 14.6. The van der Waals surface area contributed by atoms with Gasteiger partial charge in [-0.3, -0.25) is 0 Å². The minimum atomic E-state index is -3.23. The number of halogens is 1. The van der Waals surface area contributed by atoms with Gasteiger partial charge in [-0.25, -0.2) is 13.4 Å². The molecule has 0 unspecified atom stereocenters. The van der Waals surface area contributed by atoms with Crippen molar-refractivity contribution < 1.29 is 8.42 Å². The topological polar surface area (TPSA) is 52.0 Å². The van der Waals surface area contributed by atoms with Gasteiger partial charge in [-0.15, -0.1) is 0 Å². The van der Waals surface area contributed by atoms with Gasteiger partial charge in [0.2, 0.25) is 0 Å². The zero-order valence-corrected chi connectivity index (χ0v) is 14.2. The summed E-state index contributed by atoms with van der Waals surface area (Å²) < 4.78 is 27.2. The van der Waals surface area contributed by atoms with E-state index >= 15 is 0 Å². The normalized spacial score (nSPS) is 11.7. The summed E-state index contributed by atoms with van der Waals surface area (Å²) in [5.41, 5.74) is 0. The molecule has 0 radical (unpaired) electrons. The minimum Gasteiger partial charge on any atom is -0.326 e. The van der Waals surface area contributed by atoms with Crippen LogP contribution in [0, 0.1) is 0 Å². The third-order valence-corrected chi connectivity index (χ3v) is 6.30. The first-order valence-electron chi connectivity index (χ1n) is 6.15. The van der Waals surface area contributed by atoms with Gasteiger partial charge in [0, 0.05) is 29.2 Å². The number of thioether (sulfide) groups is 1. The number of aromatic nitrogens is 2. The van der Waals surface area contributed by atoms with Crippen LogP contribution in [0.2, 0.25) is 0 Å². The summed E-state index contributed by atoms with van der Waals surface area (Å²) in [4.78, 5) is 4.58. The van der Waals surface area contributed by atoms with E-state index < -0.39 is 9.84 Å². The summed E-state index contributed by atoms with van der Waals surface area (Å²) in [5, 5.41) is 0.860. The molecule has 7 heteroatoms. The molecule has 0 saturated heterocycles. The summed E-state index contributed by atoms with van der Waals surface area (Å²) in [6, 6.07) is 6.72. The van der Waals surface area contributed by atoms with E-state index in [2.05, 4.69) is 20.9 Å². The van der Waals surface area contributed by atoms with E-state index in [9.17, 15) is 8.42 Å². The third-order valence-electron chi connectivity index (χ3n) is 2.77. The molecule has 0 amide bonds. The fraction of sp³-hybridized carbons (Fsp3) is 0.308. The van der Waals surface area contributed by atoms with Gasteiger partial charge in [0.25, 0.3) is 0 Å². The van der Waals surface area contributed by atoms with Crippen LogP contribution < -0.4 is 0 Å². The molecule has 2 aromatic rings. The first kappa shape index (κ1) is 15.6. The first-order valence-corrected chi connectivity index (χ1v) is 9.58. The molecule has 20 heavy (non-hydrogen) atoms. The Bertz CT molecular complexity index is 666. The standard InChI is InChI=1S/C13H15BrN2O2S2/c1-2-16-8-7-15-13(16)19-9-10-20(17,18)12-5-3-11(14)4-6-12/h3-8H,2,9-10H2,1H3. The Morgan fingerprint density at radius 2 is 2.00 bits per heavy atom. The molecule has 0 saturated carbocycles. The molecule has 0 bridgehead atoms. The van der Waals surface area contributed by atoms with Crippen LogP contribution >= 0.6 is 27.7 Å².